The van der Waals surface area contributed by atoms with Gasteiger partial charge in [-0.15, -0.1) is 0 Å². The van der Waals surface area contributed by atoms with Gasteiger partial charge in [-0.2, -0.15) is 0 Å². The Morgan fingerprint density at radius 3 is 2.96 bits per heavy atom. The van der Waals surface area contributed by atoms with E-state index in [4.69, 9.17) is 9.72 Å². The van der Waals surface area contributed by atoms with Crippen molar-refractivity contribution in [2.75, 3.05) is 32.8 Å². The molecule has 3 rings (SSSR count). The van der Waals surface area contributed by atoms with E-state index in [1.807, 2.05) is 18.2 Å². The van der Waals surface area contributed by atoms with Crippen LogP contribution in [0.5, 0.6) is 0 Å². The van der Waals surface area contributed by atoms with Crippen LogP contribution in [0.25, 0.3) is 11.0 Å². The highest BCUT2D eigenvalue weighted by atomic mass is 16.5. The summed E-state index contributed by atoms with van der Waals surface area (Å²) in [5.41, 5.74) is 2.16. The van der Waals surface area contributed by atoms with Gasteiger partial charge in [-0.1, -0.05) is 19.1 Å². The highest BCUT2D eigenvalue weighted by Gasteiger charge is 2.28. The molecule has 0 radical (unpaired) electrons. The van der Waals surface area contributed by atoms with E-state index in [1.165, 1.54) is 0 Å². The van der Waals surface area contributed by atoms with Crippen molar-refractivity contribution in [1.82, 2.24) is 19.8 Å². The van der Waals surface area contributed by atoms with Gasteiger partial charge in [-0.05, 0) is 32.5 Å². The number of hydrogen-bond acceptors (Lipinski definition) is 4. The van der Waals surface area contributed by atoms with Gasteiger partial charge >= 0.3 is 0 Å². The Morgan fingerprint density at radius 2 is 2.20 bits per heavy atom. The van der Waals surface area contributed by atoms with E-state index in [1.54, 1.807) is 0 Å². The second kappa shape index (κ2) is 7.97. The molecule has 1 atom stereocenters. The Morgan fingerprint density at radius 1 is 1.40 bits per heavy atom. The molecule has 1 aliphatic rings. The summed E-state index contributed by atoms with van der Waals surface area (Å²) in [6, 6.07) is 8.34. The van der Waals surface area contributed by atoms with Crippen LogP contribution >= 0.6 is 0 Å². The van der Waals surface area contributed by atoms with Crippen LogP contribution in [0.15, 0.2) is 24.3 Å². The molecule has 0 aliphatic carbocycles. The molecule has 0 saturated carbocycles. The summed E-state index contributed by atoms with van der Waals surface area (Å²) in [5, 5.41) is 3.06. The lowest BCUT2D eigenvalue weighted by Gasteiger charge is -2.33. The lowest BCUT2D eigenvalue weighted by Crippen LogP contribution is -2.53. The zero-order valence-electron chi connectivity index (χ0n) is 15.4. The number of amides is 1. The van der Waals surface area contributed by atoms with E-state index in [0.717, 1.165) is 36.4 Å². The maximum atomic E-state index is 12.5. The van der Waals surface area contributed by atoms with Crippen molar-refractivity contribution in [3.05, 3.63) is 30.1 Å². The topological polar surface area (TPSA) is 59.4 Å². The molecule has 1 unspecified atom stereocenters. The minimum absolute atomic E-state index is 0.0498. The third-order valence-corrected chi connectivity index (χ3v) is 4.78. The third-order valence-electron chi connectivity index (χ3n) is 4.78. The molecule has 0 spiro atoms. The molecule has 2 aromatic rings. The third kappa shape index (κ3) is 3.85. The molecule has 1 aliphatic heterocycles. The second-order valence-corrected chi connectivity index (χ2v) is 6.74. The van der Waals surface area contributed by atoms with Crippen molar-refractivity contribution in [2.45, 2.75) is 39.3 Å². The van der Waals surface area contributed by atoms with E-state index in [2.05, 4.69) is 41.6 Å². The average Bonchev–Trinajstić information content (AvgIpc) is 3.00. The fourth-order valence-corrected chi connectivity index (χ4v) is 3.52. The normalized spacial score (nSPS) is 18.8. The predicted molar refractivity (Wildman–Crippen MR) is 98.7 cm³/mol. The van der Waals surface area contributed by atoms with Gasteiger partial charge < -0.3 is 14.6 Å². The minimum atomic E-state index is -0.178. The van der Waals surface area contributed by atoms with Crippen molar-refractivity contribution >= 4 is 16.9 Å². The first-order valence-electron chi connectivity index (χ1n) is 9.17. The second-order valence-electron chi connectivity index (χ2n) is 6.74. The fraction of sp³-hybridized carbons (Fsp3) is 0.579. The first-order valence-corrected chi connectivity index (χ1v) is 9.17. The summed E-state index contributed by atoms with van der Waals surface area (Å²) in [6.07, 6.45) is 0.721. The van der Waals surface area contributed by atoms with Crippen molar-refractivity contribution in [1.29, 1.82) is 0 Å². The maximum Gasteiger partial charge on any atom is 0.239 e. The number of hydrogen-bond donors (Lipinski definition) is 1. The molecule has 136 valence electrons. The van der Waals surface area contributed by atoms with Crippen molar-refractivity contribution in [3.8, 4) is 0 Å². The first kappa shape index (κ1) is 17.9. The molecule has 6 nitrogen and oxygen atoms in total. The van der Waals surface area contributed by atoms with Crippen molar-refractivity contribution in [3.63, 3.8) is 0 Å². The molecular formula is C19H28N4O2. The summed E-state index contributed by atoms with van der Waals surface area (Å²) < 4.78 is 7.72. The number of carbonyl (C=O) groups excluding carboxylic acids is 1. The lowest BCUT2D eigenvalue weighted by molar-refractivity contribution is -0.132. The smallest absolute Gasteiger partial charge is 0.239 e. The first-order chi connectivity index (χ1) is 12.1. The van der Waals surface area contributed by atoms with E-state index in [-0.39, 0.29) is 11.9 Å². The zero-order valence-corrected chi connectivity index (χ0v) is 15.4. The number of fused-ring (bicyclic) bond motifs is 1. The summed E-state index contributed by atoms with van der Waals surface area (Å²) >= 11 is 0. The predicted octanol–water partition coefficient (Wildman–Crippen LogP) is 2.00. The quantitative estimate of drug-likeness (QED) is 0.871. The fourth-order valence-electron chi connectivity index (χ4n) is 3.52. The van der Waals surface area contributed by atoms with Gasteiger partial charge in [0, 0.05) is 25.6 Å². The highest BCUT2D eigenvalue weighted by Crippen LogP contribution is 2.21. The standard InChI is InChI=1S/C19H28N4O2/c1-4-22-11-12-25-13-17(22)19(24)20-10-9-18-21-15-7-5-6-8-16(15)23(18)14(2)3/h5-8,14,17H,4,9-13H2,1-3H3,(H,20,24). The number of aromatic nitrogens is 2. The van der Waals surface area contributed by atoms with E-state index >= 15 is 0 Å². The van der Waals surface area contributed by atoms with Gasteiger partial charge in [0.25, 0.3) is 0 Å². The van der Waals surface area contributed by atoms with Crippen LogP contribution in [-0.4, -0.2) is 59.2 Å². The monoisotopic (exact) mass is 344 g/mol. The van der Waals surface area contributed by atoms with Gasteiger partial charge in [0.15, 0.2) is 0 Å². The number of nitrogens with zero attached hydrogens (tertiary/aromatic N) is 3. The van der Waals surface area contributed by atoms with Crippen LogP contribution in [0.4, 0.5) is 0 Å². The number of ether oxygens (including phenoxy) is 1. The van der Waals surface area contributed by atoms with Crippen LogP contribution in [0.2, 0.25) is 0 Å². The van der Waals surface area contributed by atoms with Gasteiger partial charge in [0.1, 0.15) is 11.9 Å². The summed E-state index contributed by atoms with van der Waals surface area (Å²) in [7, 11) is 0. The molecule has 1 aromatic carbocycles. The van der Waals surface area contributed by atoms with Crippen LogP contribution in [0.1, 0.15) is 32.6 Å². The van der Waals surface area contributed by atoms with Crippen LogP contribution in [0.3, 0.4) is 0 Å². The van der Waals surface area contributed by atoms with E-state index < -0.39 is 0 Å². The maximum absolute atomic E-state index is 12.5. The number of imidazole rings is 1. The molecule has 0 bridgehead atoms. The van der Waals surface area contributed by atoms with Crippen LogP contribution < -0.4 is 5.32 Å². The lowest BCUT2D eigenvalue weighted by atomic mass is 10.2. The number of para-hydroxylation sites is 2. The van der Waals surface area contributed by atoms with Crippen LogP contribution in [-0.2, 0) is 16.0 Å². The largest absolute Gasteiger partial charge is 0.378 e. The molecular weight excluding hydrogens is 316 g/mol. The number of nitrogens with one attached hydrogen (secondary N) is 1. The molecule has 6 heteroatoms. The number of benzene rings is 1. The summed E-state index contributed by atoms with van der Waals surface area (Å²) in [5.74, 6) is 1.07. The molecule has 1 saturated heterocycles. The van der Waals surface area contributed by atoms with Crippen molar-refractivity contribution < 1.29 is 9.53 Å². The van der Waals surface area contributed by atoms with Gasteiger partial charge in [0.2, 0.25) is 5.91 Å². The van der Waals surface area contributed by atoms with Gasteiger partial charge in [-0.3, -0.25) is 9.69 Å². The zero-order chi connectivity index (χ0) is 17.8. The number of rotatable bonds is 6. The molecule has 1 amide bonds. The number of morpholine rings is 1. The average molecular weight is 344 g/mol. The highest BCUT2D eigenvalue weighted by molar-refractivity contribution is 5.82. The van der Waals surface area contributed by atoms with E-state index in [9.17, 15) is 4.79 Å². The molecule has 1 fully saturated rings. The Bertz CT molecular complexity index is 725. The minimum Gasteiger partial charge on any atom is -0.378 e. The Hall–Kier alpha value is -1.92. The number of likely N-dealkylation sites (N-methyl/N-ethyl adjacent to an activating group) is 1. The Kier molecular flexibility index (Phi) is 5.71. The Labute approximate surface area is 149 Å². The summed E-state index contributed by atoms with van der Waals surface area (Å²) in [4.78, 5) is 19.4. The number of carbonyl (C=O) groups is 1. The SMILES string of the molecule is CCN1CCOCC1C(=O)NCCc1nc2ccccc2n1C(C)C. The molecule has 25 heavy (non-hydrogen) atoms. The molecule has 1 aromatic heterocycles. The Balaban J connectivity index is 1.65. The van der Waals surface area contributed by atoms with Gasteiger partial charge in [0.05, 0.1) is 24.2 Å². The molecule has 2 heterocycles. The summed E-state index contributed by atoms with van der Waals surface area (Å²) in [6.45, 7) is 9.85. The van der Waals surface area contributed by atoms with Crippen molar-refractivity contribution in [2.24, 2.45) is 0 Å². The van der Waals surface area contributed by atoms with E-state index in [0.29, 0.717) is 25.8 Å². The van der Waals surface area contributed by atoms with Crippen LogP contribution in [0, 0.1) is 0 Å². The molecule has 1 N–H and O–H groups in total. The van der Waals surface area contributed by atoms with Gasteiger partial charge in [-0.25, -0.2) is 4.98 Å².